The van der Waals surface area contributed by atoms with Crippen LogP contribution in [0.1, 0.15) is 11.1 Å². The smallest absolute Gasteiger partial charge is 0.0669 e. The summed E-state index contributed by atoms with van der Waals surface area (Å²) in [5.74, 6) is 0. The molecule has 112 valence electrons. The number of hydrogen-bond acceptors (Lipinski definition) is 3. The van der Waals surface area contributed by atoms with E-state index in [2.05, 4.69) is 64.4 Å². The van der Waals surface area contributed by atoms with Crippen LogP contribution in [0, 0.1) is 11.3 Å². The Morgan fingerprint density at radius 1 is 0.818 bits per heavy atom. The van der Waals surface area contributed by atoms with Gasteiger partial charge in [-0.25, -0.2) is 0 Å². The first-order valence-corrected chi connectivity index (χ1v) is 7.83. The van der Waals surface area contributed by atoms with Crippen LogP contribution in [0.15, 0.2) is 54.6 Å². The monoisotopic (exact) mass is 291 g/mol. The number of hydrogen-bond donors (Lipinski definition) is 0. The number of anilines is 1. The van der Waals surface area contributed by atoms with E-state index in [4.69, 9.17) is 5.26 Å². The summed E-state index contributed by atoms with van der Waals surface area (Å²) in [6.45, 7) is 5.20. The summed E-state index contributed by atoms with van der Waals surface area (Å²) in [6.07, 6.45) is 0.500. The Morgan fingerprint density at radius 3 is 2.14 bits per heavy atom. The summed E-state index contributed by atoms with van der Waals surface area (Å²) in [6, 6.07) is 21.2. The second kappa shape index (κ2) is 7.11. The van der Waals surface area contributed by atoms with Gasteiger partial charge in [-0.05, 0) is 23.3 Å². The topological polar surface area (TPSA) is 30.3 Å². The van der Waals surface area contributed by atoms with Crippen LogP contribution in [-0.4, -0.2) is 31.1 Å². The summed E-state index contributed by atoms with van der Waals surface area (Å²) < 4.78 is 0. The van der Waals surface area contributed by atoms with Crippen molar-refractivity contribution in [2.45, 2.75) is 13.0 Å². The van der Waals surface area contributed by atoms with Gasteiger partial charge >= 0.3 is 0 Å². The number of para-hydroxylation sites is 1. The van der Waals surface area contributed by atoms with Crippen LogP contribution in [-0.2, 0) is 13.0 Å². The van der Waals surface area contributed by atoms with E-state index in [1.165, 1.54) is 11.3 Å². The van der Waals surface area contributed by atoms with E-state index < -0.39 is 0 Å². The highest BCUT2D eigenvalue weighted by atomic mass is 15.3. The van der Waals surface area contributed by atoms with Gasteiger partial charge in [0.15, 0.2) is 0 Å². The zero-order valence-corrected chi connectivity index (χ0v) is 12.8. The van der Waals surface area contributed by atoms with Crippen LogP contribution in [0.5, 0.6) is 0 Å². The van der Waals surface area contributed by atoms with Gasteiger partial charge in [-0.15, -0.1) is 0 Å². The quantitative estimate of drug-likeness (QED) is 0.867. The van der Waals surface area contributed by atoms with Crippen molar-refractivity contribution in [2.75, 3.05) is 31.1 Å². The summed E-state index contributed by atoms with van der Waals surface area (Å²) in [7, 11) is 0. The SMILES string of the molecule is N#CCc1ccccc1CN1CCN(c2ccccc2)CC1. The fourth-order valence-corrected chi connectivity index (χ4v) is 3.01. The van der Waals surface area contributed by atoms with Gasteiger partial charge < -0.3 is 4.90 Å². The highest BCUT2D eigenvalue weighted by Crippen LogP contribution is 2.18. The van der Waals surface area contributed by atoms with Gasteiger partial charge in [-0.3, -0.25) is 4.90 Å². The molecule has 0 unspecified atom stereocenters. The van der Waals surface area contributed by atoms with Crippen LogP contribution in [0.4, 0.5) is 5.69 Å². The average Bonchev–Trinajstić information content (AvgIpc) is 2.58. The number of benzene rings is 2. The lowest BCUT2D eigenvalue weighted by Gasteiger charge is -2.36. The molecule has 0 aliphatic carbocycles. The predicted molar refractivity (Wildman–Crippen MR) is 89.7 cm³/mol. The van der Waals surface area contributed by atoms with Crippen LogP contribution in [0.2, 0.25) is 0 Å². The van der Waals surface area contributed by atoms with Gasteiger partial charge in [0, 0.05) is 38.4 Å². The number of nitrogens with zero attached hydrogens (tertiary/aromatic N) is 3. The number of piperazine rings is 1. The second-order valence-electron chi connectivity index (χ2n) is 5.70. The molecule has 0 N–H and O–H groups in total. The lowest BCUT2D eigenvalue weighted by atomic mass is 10.0. The zero-order chi connectivity index (χ0) is 15.2. The fraction of sp³-hybridized carbons (Fsp3) is 0.316. The average molecular weight is 291 g/mol. The molecule has 1 heterocycles. The molecule has 1 aliphatic heterocycles. The molecule has 3 nitrogen and oxygen atoms in total. The van der Waals surface area contributed by atoms with Crippen LogP contribution < -0.4 is 4.90 Å². The molecule has 0 radical (unpaired) electrons. The summed E-state index contributed by atoms with van der Waals surface area (Å²) in [4.78, 5) is 4.92. The molecule has 0 amide bonds. The minimum absolute atomic E-state index is 0.500. The highest BCUT2D eigenvalue weighted by Gasteiger charge is 2.17. The predicted octanol–water partition coefficient (Wildman–Crippen LogP) is 3.07. The van der Waals surface area contributed by atoms with Gasteiger partial charge in [-0.2, -0.15) is 5.26 Å². The Kier molecular flexibility index (Phi) is 4.72. The maximum atomic E-state index is 8.94. The van der Waals surface area contributed by atoms with Crippen molar-refractivity contribution in [3.05, 3.63) is 65.7 Å². The summed E-state index contributed by atoms with van der Waals surface area (Å²) >= 11 is 0. The van der Waals surface area contributed by atoms with E-state index in [1.54, 1.807) is 0 Å². The third-order valence-corrected chi connectivity index (χ3v) is 4.28. The minimum Gasteiger partial charge on any atom is -0.369 e. The normalized spacial score (nSPS) is 15.5. The highest BCUT2D eigenvalue weighted by molar-refractivity contribution is 5.46. The Morgan fingerprint density at radius 2 is 1.45 bits per heavy atom. The van der Waals surface area contributed by atoms with E-state index in [0.717, 1.165) is 38.3 Å². The molecule has 0 atom stereocenters. The van der Waals surface area contributed by atoms with Crippen molar-refractivity contribution >= 4 is 5.69 Å². The first-order chi connectivity index (χ1) is 10.9. The molecule has 0 aromatic heterocycles. The fourth-order valence-electron chi connectivity index (χ4n) is 3.01. The Labute approximate surface area is 132 Å². The largest absolute Gasteiger partial charge is 0.369 e. The molecule has 0 spiro atoms. The van der Waals surface area contributed by atoms with E-state index in [9.17, 15) is 0 Å². The van der Waals surface area contributed by atoms with E-state index in [1.807, 2.05) is 6.07 Å². The maximum Gasteiger partial charge on any atom is 0.0669 e. The maximum absolute atomic E-state index is 8.94. The minimum atomic E-state index is 0.500. The molecule has 3 rings (SSSR count). The van der Waals surface area contributed by atoms with Crippen molar-refractivity contribution in [1.29, 1.82) is 5.26 Å². The van der Waals surface area contributed by atoms with Gasteiger partial charge in [0.2, 0.25) is 0 Å². The van der Waals surface area contributed by atoms with Crippen LogP contribution in [0.3, 0.4) is 0 Å². The van der Waals surface area contributed by atoms with Crippen molar-refractivity contribution in [3.8, 4) is 6.07 Å². The van der Waals surface area contributed by atoms with Gasteiger partial charge in [-0.1, -0.05) is 42.5 Å². The van der Waals surface area contributed by atoms with Crippen molar-refractivity contribution in [2.24, 2.45) is 0 Å². The number of rotatable bonds is 4. The lowest BCUT2D eigenvalue weighted by molar-refractivity contribution is 0.249. The zero-order valence-electron chi connectivity index (χ0n) is 12.8. The molecule has 0 saturated carbocycles. The third kappa shape index (κ3) is 3.47. The third-order valence-electron chi connectivity index (χ3n) is 4.28. The van der Waals surface area contributed by atoms with Crippen molar-refractivity contribution < 1.29 is 0 Å². The molecule has 1 fully saturated rings. The first-order valence-electron chi connectivity index (χ1n) is 7.83. The second-order valence-corrected chi connectivity index (χ2v) is 5.70. The molecule has 3 heteroatoms. The van der Waals surface area contributed by atoms with Crippen molar-refractivity contribution in [1.82, 2.24) is 4.90 Å². The molecular formula is C19H21N3. The van der Waals surface area contributed by atoms with E-state index in [0.29, 0.717) is 6.42 Å². The molecule has 1 saturated heterocycles. The lowest BCUT2D eigenvalue weighted by Crippen LogP contribution is -2.46. The summed E-state index contributed by atoms with van der Waals surface area (Å²) in [5, 5.41) is 8.94. The Bertz CT molecular complexity index is 637. The van der Waals surface area contributed by atoms with E-state index in [-0.39, 0.29) is 0 Å². The van der Waals surface area contributed by atoms with Gasteiger partial charge in [0.05, 0.1) is 12.5 Å². The molecule has 1 aliphatic rings. The first kappa shape index (κ1) is 14.6. The molecule has 2 aromatic carbocycles. The molecule has 2 aromatic rings. The molecule has 22 heavy (non-hydrogen) atoms. The standard InChI is InChI=1S/C19H21N3/c20-11-10-17-6-4-5-7-18(17)16-21-12-14-22(15-13-21)19-8-2-1-3-9-19/h1-9H,10,12-16H2. The van der Waals surface area contributed by atoms with Gasteiger partial charge in [0.25, 0.3) is 0 Å². The van der Waals surface area contributed by atoms with Crippen molar-refractivity contribution in [3.63, 3.8) is 0 Å². The van der Waals surface area contributed by atoms with Crippen LogP contribution >= 0.6 is 0 Å². The van der Waals surface area contributed by atoms with E-state index >= 15 is 0 Å². The Hall–Kier alpha value is -2.31. The van der Waals surface area contributed by atoms with Crippen LogP contribution in [0.25, 0.3) is 0 Å². The molecule has 0 bridgehead atoms. The Balaban J connectivity index is 1.60. The number of nitriles is 1. The molecular weight excluding hydrogens is 270 g/mol. The summed E-state index contributed by atoms with van der Waals surface area (Å²) in [5.41, 5.74) is 3.76. The van der Waals surface area contributed by atoms with Gasteiger partial charge in [0.1, 0.15) is 0 Å².